The Morgan fingerprint density at radius 3 is 2.50 bits per heavy atom. The molecular weight excluding hydrogens is 374 g/mol. The Labute approximate surface area is 167 Å². The number of rotatable bonds is 5. The maximum atomic E-state index is 11.6. The standard InChI is InChI=1S/C22H27NO4S/c1-22(13-18-6-9-20-21(12-18)27-16-26-20)10-3-11-23(15-22)14-17-4-7-19(8-5-17)28(2,24)25/h4-9,12H,3,10-11,13-16H2,1-2H3/t22-/m0/s1. The highest BCUT2D eigenvalue weighted by Crippen LogP contribution is 2.37. The summed E-state index contributed by atoms with van der Waals surface area (Å²) in [7, 11) is -3.14. The summed E-state index contributed by atoms with van der Waals surface area (Å²) >= 11 is 0. The van der Waals surface area contributed by atoms with Crippen molar-refractivity contribution < 1.29 is 17.9 Å². The van der Waals surface area contributed by atoms with Crippen LogP contribution in [0.2, 0.25) is 0 Å². The average molecular weight is 402 g/mol. The minimum atomic E-state index is -3.14. The molecule has 2 heterocycles. The van der Waals surface area contributed by atoms with Crippen LogP contribution in [0, 0.1) is 5.41 Å². The molecule has 0 spiro atoms. The van der Waals surface area contributed by atoms with Gasteiger partial charge in [-0.15, -0.1) is 0 Å². The SMILES string of the molecule is C[C@@]1(Cc2ccc3c(c2)OCO3)CCCN(Cc2ccc(S(C)(=O)=O)cc2)C1. The summed E-state index contributed by atoms with van der Waals surface area (Å²) in [5.41, 5.74) is 2.64. The number of sulfone groups is 1. The summed E-state index contributed by atoms with van der Waals surface area (Å²) in [6.07, 6.45) is 4.62. The summed E-state index contributed by atoms with van der Waals surface area (Å²) in [4.78, 5) is 2.86. The number of hydrogen-bond donors (Lipinski definition) is 0. The van der Waals surface area contributed by atoms with Crippen LogP contribution in [-0.4, -0.2) is 39.5 Å². The third-order valence-corrected chi connectivity index (χ3v) is 6.81. The van der Waals surface area contributed by atoms with Gasteiger partial charge in [0, 0.05) is 19.3 Å². The highest BCUT2D eigenvalue weighted by Gasteiger charge is 2.31. The van der Waals surface area contributed by atoms with Crippen molar-refractivity contribution in [1.29, 1.82) is 0 Å². The first-order valence-corrected chi connectivity index (χ1v) is 11.6. The van der Waals surface area contributed by atoms with Crippen LogP contribution in [0.1, 0.15) is 30.9 Å². The monoisotopic (exact) mass is 401 g/mol. The fourth-order valence-corrected chi connectivity index (χ4v) is 4.98. The zero-order chi connectivity index (χ0) is 19.8. The maximum Gasteiger partial charge on any atom is 0.231 e. The number of fused-ring (bicyclic) bond motifs is 1. The Morgan fingerprint density at radius 1 is 1.04 bits per heavy atom. The second kappa shape index (κ2) is 7.41. The molecule has 0 aromatic heterocycles. The van der Waals surface area contributed by atoms with Crippen LogP contribution < -0.4 is 9.47 Å². The zero-order valence-electron chi connectivity index (χ0n) is 16.5. The van der Waals surface area contributed by atoms with E-state index in [0.29, 0.717) is 11.7 Å². The van der Waals surface area contributed by atoms with Gasteiger partial charge in [0.25, 0.3) is 0 Å². The van der Waals surface area contributed by atoms with Crippen LogP contribution in [0.3, 0.4) is 0 Å². The fourth-order valence-electron chi connectivity index (χ4n) is 4.35. The first-order valence-electron chi connectivity index (χ1n) is 9.71. The Kier molecular flexibility index (Phi) is 5.10. The molecule has 2 aliphatic rings. The van der Waals surface area contributed by atoms with Crippen LogP contribution in [-0.2, 0) is 22.8 Å². The van der Waals surface area contributed by atoms with E-state index in [1.807, 2.05) is 18.2 Å². The van der Waals surface area contributed by atoms with Gasteiger partial charge in [0.2, 0.25) is 6.79 Å². The van der Waals surface area contributed by atoms with E-state index in [1.165, 1.54) is 24.7 Å². The van der Waals surface area contributed by atoms with E-state index >= 15 is 0 Å². The van der Waals surface area contributed by atoms with Crippen molar-refractivity contribution in [1.82, 2.24) is 4.90 Å². The molecule has 0 amide bonds. The molecule has 2 aliphatic heterocycles. The van der Waals surface area contributed by atoms with Crippen molar-refractivity contribution in [3.63, 3.8) is 0 Å². The van der Waals surface area contributed by atoms with Crippen molar-refractivity contribution in [2.45, 2.75) is 37.6 Å². The third kappa shape index (κ3) is 4.33. The highest BCUT2D eigenvalue weighted by atomic mass is 32.2. The molecule has 1 atom stereocenters. The predicted octanol–water partition coefficient (Wildman–Crippen LogP) is 3.66. The molecule has 28 heavy (non-hydrogen) atoms. The Morgan fingerprint density at radius 2 is 1.75 bits per heavy atom. The quantitative estimate of drug-likeness (QED) is 0.765. The number of hydrogen-bond acceptors (Lipinski definition) is 5. The molecule has 0 bridgehead atoms. The lowest BCUT2D eigenvalue weighted by Gasteiger charge is -2.41. The first kappa shape index (κ1) is 19.3. The molecule has 0 N–H and O–H groups in total. The third-order valence-electron chi connectivity index (χ3n) is 5.69. The summed E-state index contributed by atoms with van der Waals surface area (Å²) in [5, 5.41) is 0. The summed E-state index contributed by atoms with van der Waals surface area (Å²) in [6, 6.07) is 13.5. The average Bonchev–Trinajstić information content (AvgIpc) is 3.09. The Bertz CT molecular complexity index is 955. The summed E-state index contributed by atoms with van der Waals surface area (Å²) < 4.78 is 34.2. The maximum absolute atomic E-state index is 11.6. The topological polar surface area (TPSA) is 55.8 Å². The second-order valence-electron chi connectivity index (χ2n) is 8.41. The van der Waals surface area contributed by atoms with Gasteiger partial charge in [0.1, 0.15) is 0 Å². The lowest BCUT2D eigenvalue weighted by atomic mass is 9.77. The van der Waals surface area contributed by atoms with Crippen LogP contribution in [0.4, 0.5) is 0 Å². The van der Waals surface area contributed by atoms with E-state index in [-0.39, 0.29) is 5.41 Å². The van der Waals surface area contributed by atoms with Crippen molar-refractivity contribution in [3.8, 4) is 11.5 Å². The normalized spacial score (nSPS) is 22.4. The summed E-state index contributed by atoms with van der Waals surface area (Å²) in [6.45, 7) is 5.61. The summed E-state index contributed by atoms with van der Waals surface area (Å²) in [5.74, 6) is 1.68. The van der Waals surface area contributed by atoms with Gasteiger partial charge in [-0.3, -0.25) is 4.90 Å². The van der Waals surface area contributed by atoms with E-state index in [9.17, 15) is 8.42 Å². The van der Waals surface area contributed by atoms with Gasteiger partial charge >= 0.3 is 0 Å². The van der Waals surface area contributed by atoms with E-state index in [0.717, 1.165) is 43.1 Å². The molecule has 5 nitrogen and oxygen atoms in total. The molecule has 6 heteroatoms. The minimum Gasteiger partial charge on any atom is -0.454 e. The van der Waals surface area contributed by atoms with Crippen molar-refractivity contribution in [2.75, 3.05) is 26.1 Å². The predicted molar refractivity (Wildman–Crippen MR) is 108 cm³/mol. The number of benzene rings is 2. The largest absolute Gasteiger partial charge is 0.454 e. The molecule has 4 rings (SSSR count). The van der Waals surface area contributed by atoms with E-state index in [1.54, 1.807) is 12.1 Å². The number of ether oxygens (including phenoxy) is 2. The molecule has 2 aromatic rings. The Balaban J connectivity index is 1.42. The minimum absolute atomic E-state index is 0.207. The molecule has 1 fully saturated rings. The van der Waals surface area contributed by atoms with Crippen LogP contribution in [0.25, 0.3) is 0 Å². The first-order chi connectivity index (χ1) is 13.3. The van der Waals surface area contributed by atoms with Crippen molar-refractivity contribution in [2.24, 2.45) is 5.41 Å². The molecule has 0 radical (unpaired) electrons. The highest BCUT2D eigenvalue weighted by molar-refractivity contribution is 7.90. The van der Waals surface area contributed by atoms with Gasteiger partial charge < -0.3 is 9.47 Å². The molecule has 0 saturated carbocycles. The lowest BCUT2D eigenvalue weighted by molar-refractivity contribution is 0.0969. The molecule has 0 aliphatic carbocycles. The van der Waals surface area contributed by atoms with Crippen LogP contribution in [0.5, 0.6) is 11.5 Å². The zero-order valence-corrected chi connectivity index (χ0v) is 17.3. The number of likely N-dealkylation sites (tertiary alicyclic amines) is 1. The van der Waals surface area contributed by atoms with Gasteiger partial charge in [0.05, 0.1) is 4.90 Å². The second-order valence-corrected chi connectivity index (χ2v) is 10.4. The van der Waals surface area contributed by atoms with Crippen molar-refractivity contribution in [3.05, 3.63) is 53.6 Å². The van der Waals surface area contributed by atoms with E-state index in [4.69, 9.17) is 9.47 Å². The van der Waals surface area contributed by atoms with Gasteiger partial charge in [0.15, 0.2) is 21.3 Å². The molecule has 150 valence electrons. The molecule has 2 aromatic carbocycles. The lowest BCUT2D eigenvalue weighted by Crippen LogP contribution is -2.42. The smallest absolute Gasteiger partial charge is 0.231 e. The van der Waals surface area contributed by atoms with Gasteiger partial charge in [-0.25, -0.2) is 8.42 Å². The molecule has 1 saturated heterocycles. The number of piperidine rings is 1. The van der Waals surface area contributed by atoms with Gasteiger partial charge in [-0.1, -0.05) is 25.1 Å². The molecular formula is C22H27NO4S. The van der Waals surface area contributed by atoms with E-state index < -0.39 is 9.84 Å². The molecule has 0 unspecified atom stereocenters. The van der Waals surface area contributed by atoms with Crippen molar-refractivity contribution >= 4 is 9.84 Å². The van der Waals surface area contributed by atoms with E-state index in [2.05, 4.69) is 24.0 Å². The Hall–Kier alpha value is -2.05. The number of nitrogens with zero attached hydrogens (tertiary/aromatic N) is 1. The van der Waals surface area contributed by atoms with Crippen LogP contribution >= 0.6 is 0 Å². The van der Waals surface area contributed by atoms with Crippen LogP contribution in [0.15, 0.2) is 47.4 Å². The van der Waals surface area contributed by atoms with Gasteiger partial charge in [-0.05, 0) is 66.6 Å². The fraction of sp³-hybridized carbons (Fsp3) is 0.455. The van der Waals surface area contributed by atoms with Gasteiger partial charge in [-0.2, -0.15) is 0 Å².